The summed E-state index contributed by atoms with van der Waals surface area (Å²) in [5.74, 6) is -0.232. The highest BCUT2D eigenvalue weighted by atomic mass is 16.5. The Morgan fingerprint density at radius 2 is 1.71 bits per heavy atom. The van der Waals surface area contributed by atoms with Crippen LogP contribution in [0.3, 0.4) is 0 Å². The number of carbonyl (C=O) groups is 1. The molecule has 1 saturated heterocycles. The van der Waals surface area contributed by atoms with E-state index in [4.69, 9.17) is 15.5 Å². The number of benzene rings is 1. The predicted molar refractivity (Wildman–Crippen MR) is 136 cm³/mol. The van der Waals surface area contributed by atoms with Gasteiger partial charge in [-0.2, -0.15) is 0 Å². The Morgan fingerprint density at radius 3 is 2.37 bits per heavy atom. The van der Waals surface area contributed by atoms with Crippen molar-refractivity contribution in [3.05, 3.63) is 55.0 Å². The molecule has 3 aromatic heterocycles. The van der Waals surface area contributed by atoms with Crippen molar-refractivity contribution in [2.75, 3.05) is 38.1 Å². The molecule has 0 spiro atoms. The van der Waals surface area contributed by atoms with Crippen molar-refractivity contribution in [2.24, 2.45) is 5.73 Å². The molecule has 0 aliphatic carbocycles. The molecule has 1 aromatic carbocycles. The molecule has 0 atom stereocenters. The lowest BCUT2D eigenvalue weighted by molar-refractivity contribution is -0.130. The van der Waals surface area contributed by atoms with Gasteiger partial charge in [-0.3, -0.25) is 4.79 Å². The molecule has 35 heavy (non-hydrogen) atoms. The number of nitrogens with two attached hydrogens (primary N) is 1. The number of ether oxygens (including phenoxy) is 1. The summed E-state index contributed by atoms with van der Waals surface area (Å²) in [5, 5.41) is 0. The molecule has 0 radical (unpaired) electrons. The summed E-state index contributed by atoms with van der Waals surface area (Å²) >= 11 is 0. The number of pyridine rings is 1. The van der Waals surface area contributed by atoms with Crippen LogP contribution in [0.15, 0.2) is 55.0 Å². The molecule has 3 N–H and O–H groups in total. The molecule has 0 saturated carbocycles. The van der Waals surface area contributed by atoms with Gasteiger partial charge in [-0.1, -0.05) is 12.1 Å². The molecular formula is C26H29N7O2. The van der Waals surface area contributed by atoms with Crippen molar-refractivity contribution < 1.29 is 9.53 Å². The molecule has 1 amide bonds. The highest BCUT2D eigenvalue weighted by Gasteiger charge is 2.27. The molecule has 0 bridgehead atoms. The first-order valence-electron chi connectivity index (χ1n) is 11.6. The largest absolute Gasteiger partial charge is 0.462 e. The third-order valence-corrected chi connectivity index (χ3v) is 6.41. The SMILES string of the molecule is CN1CCN(c2ccc(-c3cnc4[nH]cc(-c5ccc(OC(C)(C)C(N)=O)nc5)c4n3)cc2)CC1. The van der Waals surface area contributed by atoms with Crippen molar-refractivity contribution in [3.8, 4) is 28.3 Å². The van der Waals surface area contributed by atoms with Gasteiger partial charge in [-0.05, 0) is 39.1 Å². The minimum atomic E-state index is -1.14. The maximum absolute atomic E-state index is 11.5. The van der Waals surface area contributed by atoms with Gasteiger partial charge in [-0.15, -0.1) is 0 Å². The molecule has 1 aliphatic heterocycles. The molecule has 4 heterocycles. The van der Waals surface area contributed by atoms with Crippen molar-refractivity contribution in [1.29, 1.82) is 0 Å². The summed E-state index contributed by atoms with van der Waals surface area (Å²) in [5.41, 5.74) is 10.5. The zero-order valence-corrected chi connectivity index (χ0v) is 20.2. The van der Waals surface area contributed by atoms with Crippen LogP contribution in [0.2, 0.25) is 0 Å². The van der Waals surface area contributed by atoms with E-state index in [0.29, 0.717) is 11.5 Å². The van der Waals surface area contributed by atoms with Crippen LogP contribution in [0, 0.1) is 0 Å². The van der Waals surface area contributed by atoms with Gasteiger partial charge in [0.1, 0.15) is 5.52 Å². The molecule has 0 unspecified atom stereocenters. The average molecular weight is 472 g/mol. The number of hydrogen-bond acceptors (Lipinski definition) is 7. The van der Waals surface area contributed by atoms with E-state index in [1.807, 2.05) is 12.3 Å². The molecule has 1 fully saturated rings. The second kappa shape index (κ2) is 8.99. The highest BCUT2D eigenvalue weighted by Crippen LogP contribution is 2.30. The lowest BCUT2D eigenvalue weighted by atomic mass is 10.1. The van der Waals surface area contributed by atoms with E-state index in [-0.39, 0.29) is 0 Å². The van der Waals surface area contributed by atoms with Gasteiger partial charge in [0.2, 0.25) is 5.88 Å². The van der Waals surface area contributed by atoms with E-state index in [2.05, 4.69) is 56.1 Å². The molecular weight excluding hydrogens is 442 g/mol. The maximum atomic E-state index is 11.5. The quantitative estimate of drug-likeness (QED) is 0.444. The number of carbonyl (C=O) groups excluding carboxylic acids is 1. The lowest BCUT2D eigenvalue weighted by Gasteiger charge is -2.34. The van der Waals surface area contributed by atoms with Gasteiger partial charge in [0.25, 0.3) is 5.91 Å². The second-order valence-electron chi connectivity index (χ2n) is 9.35. The van der Waals surface area contributed by atoms with Crippen molar-refractivity contribution in [3.63, 3.8) is 0 Å². The standard InChI is InChI=1S/C26H29N7O2/c1-26(2,25(27)34)35-22-9-6-18(14-28-22)20-15-29-24-23(20)31-21(16-30-24)17-4-7-19(8-5-17)33-12-10-32(3)11-13-33/h4-9,14-16H,10-13H2,1-3H3,(H2,27,34)(H,29,30). The summed E-state index contributed by atoms with van der Waals surface area (Å²) in [6, 6.07) is 12.1. The van der Waals surface area contributed by atoms with E-state index >= 15 is 0 Å². The number of nitrogens with zero attached hydrogens (tertiary/aromatic N) is 5. The van der Waals surface area contributed by atoms with Crippen molar-refractivity contribution in [2.45, 2.75) is 19.4 Å². The molecule has 9 heteroatoms. The van der Waals surface area contributed by atoms with Crippen molar-refractivity contribution >= 4 is 22.8 Å². The fraction of sp³-hybridized carbons (Fsp3) is 0.308. The molecule has 4 aromatic rings. The number of likely N-dealkylation sites (N-methyl/N-ethyl adjacent to an activating group) is 1. The highest BCUT2D eigenvalue weighted by molar-refractivity contribution is 5.91. The fourth-order valence-electron chi connectivity index (χ4n) is 4.07. The van der Waals surface area contributed by atoms with Crippen LogP contribution in [0.1, 0.15) is 13.8 Å². The first-order valence-corrected chi connectivity index (χ1v) is 11.6. The Hall–Kier alpha value is -3.98. The minimum Gasteiger partial charge on any atom is -0.462 e. The number of primary amides is 1. The summed E-state index contributed by atoms with van der Waals surface area (Å²) < 4.78 is 5.63. The van der Waals surface area contributed by atoms with Crippen LogP contribution in [0.5, 0.6) is 5.88 Å². The number of aromatic amines is 1. The Bertz CT molecular complexity index is 1340. The number of hydrogen-bond donors (Lipinski definition) is 2. The van der Waals surface area contributed by atoms with Gasteiger partial charge in [0.05, 0.1) is 11.9 Å². The average Bonchev–Trinajstić information content (AvgIpc) is 3.28. The number of rotatable bonds is 6. The molecule has 9 nitrogen and oxygen atoms in total. The molecule has 180 valence electrons. The first-order chi connectivity index (χ1) is 16.8. The number of aromatic nitrogens is 4. The minimum absolute atomic E-state index is 0.324. The van der Waals surface area contributed by atoms with Gasteiger partial charge in [-0.25, -0.2) is 15.0 Å². The van der Waals surface area contributed by atoms with Gasteiger partial charge in [0.15, 0.2) is 11.2 Å². The Balaban J connectivity index is 1.39. The van der Waals surface area contributed by atoms with Crippen LogP contribution in [0.25, 0.3) is 33.5 Å². The third kappa shape index (κ3) is 4.67. The smallest absolute Gasteiger partial charge is 0.261 e. The number of anilines is 1. The third-order valence-electron chi connectivity index (χ3n) is 6.41. The second-order valence-corrected chi connectivity index (χ2v) is 9.35. The lowest BCUT2D eigenvalue weighted by Crippen LogP contribution is -2.44. The maximum Gasteiger partial charge on any atom is 0.261 e. The topological polar surface area (TPSA) is 113 Å². The fourth-order valence-corrected chi connectivity index (χ4v) is 4.07. The summed E-state index contributed by atoms with van der Waals surface area (Å²) in [6.07, 6.45) is 5.35. The summed E-state index contributed by atoms with van der Waals surface area (Å²) in [6.45, 7) is 7.44. The number of fused-ring (bicyclic) bond motifs is 1. The Morgan fingerprint density at radius 1 is 1.00 bits per heavy atom. The van der Waals surface area contributed by atoms with E-state index in [1.54, 1.807) is 32.3 Å². The molecule has 5 rings (SSSR count). The van der Waals surface area contributed by atoms with Crippen molar-refractivity contribution in [1.82, 2.24) is 24.8 Å². The van der Waals surface area contributed by atoms with Crippen LogP contribution in [0.4, 0.5) is 5.69 Å². The number of piperazine rings is 1. The molecule has 1 aliphatic rings. The Kier molecular flexibility index (Phi) is 5.86. The van der Waals surface area contributed by atoms with Gasteiger partial charge < -0.3 is 25.3 Å². The number of H-pyrrole nitrogens is 1. The first kappa shape index (κ1) is 22.8. The van der Waals surface area contributed by atoms with E-state index < -0.39 is 11.5 Å². The van der Waals surface area contributed by atoms with Gasteiger partial charge >= 0.3 is 0 Å². The summed E-state index contributed by atoms with van der Waals surface area (Å²) in [4.78, 5) is 33.3. The van der Waals surface area contributed by atoms with Crippen LogP contribution in [-0.4, -0.2) is 69.6 Å². The van der Waals surface area contributed by atoms with E-state index in [0.717, 1.165) is 54.1 Å². The monoisotopic (exact) mass is 471 g/mol. The number of nitrogens with one attached hydrogen (secondary N) is 1. The zero-order chi connectivity index (χ0) is 24.6. The van der Waals surface area contributed by atoms with Crippen LogP contribution in [-0.2, 0) is 4.79 Å². The number of amides is 1. The van der Waals surface area contributed by atoms with Gasteiger partial charge in [0, 0.05) is 67.0 Å². The Labute approximate surface area is 204 Å². The summed E-state index contributed by atoms with van der Waals surface area (Å²) in [7, 11) is 2.16. The van der Waals surface area contributed by atoms with E-state index in [9.17, 15) is 4.79 Å². The van der Waals surface area contributed by atoms with E-state index in [1.165, 1.54) is 5.69 Å². The normalized spacial score (nSPS) is 14.9. The van der Waals surface area contributed by atoms with Crippen LogP contribution >= 0.6 is 0 Å². The predicted octanol–water partition coefficient (Wildman–Crippen LogP) is 3.08. The zero-order valence-electron chi connectivity index (χ0n) is 20.2. The van der Waals surface area contributed by atoms with Crippen LogP contribution < -0.4 is 15.4 Å².